The fourth-order valence-corrected chi connectivity index (χ4v) is 3.72. The molecule has 0 saturated carbocycles. The van der Waals surface area contributed by atoms with Crippen LogP contribution in [-0.4, -0.2) is 0 Å². The molecule has 1 atom stereocenters. The van der Waals surface area contributed by atoms with Gasteiger partial charge in [-0.25, -0.2) is 0 Å². The summed E-state index contributed by atoms with van der Waals surface area (Å²) in [5, 5.41) is 0. The average molecular weight is 282 g/mol. The molecule has 0 spiro atoms. The topological polar surface area (TPSA) is 0 Å². The van der Waals surface area contributed by atoms with Crippen LogP contribution in [0.5, 0.6) is 0 Å². The molecule has 0 nitrogen and oxygen atoms in total. The van der Waals surface area contributed by atoms with Crippen LogP contribution in [0.4, 0.5) is 0 Å². The highest BCUT2D eigenvalue weighted by Gasteiger charge is 2.18. The van der Waals surface area contributed by atoms with Crippen LogP contribution >= 0.6 is 0 Å². The van der Waals surface area contributed by atoms with Crippen molar-refractivity contribution in [2.24, 2.45) is 0 Å². The van der Waals surface area contributed by atoms with Crippen molar-refractivity contribution in [1.29, 1.82) is 0 Å². The molecule has 1 aliphatic carbocycles. The van der Waals surface area contributed by atoms with Gasteiger partial charge in [-0.15, -0.1) is 0 Å². The summed E-state index contributed by atoms with van der Waals surface area (Å²) in [6, 6.07) is 4.85. The number of aryl methyl sites for hydroxylation is 3. The van der Waals surface area contributed by atoms with Gasteiger partial charge in [-0.2, -0.15) is 0 Å². The minimum absolute atomic E-state index is 0.594. The van der Waals surface area contributed by atoms with Gasteiger partial charge < -0.3 is 0 Å². The van der Waals surface area contributed by atoms with E-state index in [1.165, 1.54) is 67.2 Å². The second kappa shape index (κ2) is 7.64. The standard InChI is InChI=1S/C21H30/c1-5-7-8-10-19-13-16(3)21(17(4)14-19)20-12-9-11-18(6-2)15-20/h6,13-15,20H,2,5,7-12H2,1,3-4H3. The van der Waals surface area contributed by atoms with E-state index in [1.54, 1.807) is 5.56 Å². The minimum Gasteiger partial charge on any atom is -0.0988 e. The lowest BCUT2D eigenvalue weighted by molar-refractivity contribution is 0.635. The zero-order chi connectivity index (χ0) is 15.2. The first kappa shape index (κ1) is 16.1. The van der Waals surface area contributed by atoms with Crippen molar-refractivity contribution in [2.45, 2.75) is 71.6 Å². The van der Waals surface area contributed by atoms with Crippen LogP contribution in [-0.2, 0) is 6.42 Å². The van der Waals surface area contributed by atoms with E-state index in [2.05, 4.69) is 45.6 Å². The van der Waals surface area contributed by atoms with E-state index < -0.39 is 0 Å². The maximum absolute atomic E-state index is 3.94. The van der Waals surface area contributed by atoms with E-state index in [0.29, 0.717) is 5.92 Å². The molecule has 0 heteroatoms. The molecule has 0 heterocycles. The minimum atomic E-state index is 0.594. The summed E-state index contributed by atoms with van der Waals surface area (Å²) in [5.74, 6) is 0.594. The van der Waals surface area contributed by atoms with E-state index in [9.17, 15) is 0 Å². The molecule has 0 amide bonds. The van der Waals surface area contributed by atoms with Gasteiger partial charge in [0.05, 0.1) is 0 Å². The molecule has 0 saturated heterocycles. The van der Waals surface area contributed by atoms with E-state index in [4.69, 9.17) is 0 Å². The number of hydrogen-bond acceptors (Lipinski definition) is 0. The lowest BCUT2D eigenvalue weighted by atomic mass is 9.81. The second-order valence-electron chi connectivity index (χ2n) is 6.54. The predicted octanol–water partition coefficient (Wildman–Crippen LogP) is 6.42. The van der Waals surface area contributed by atoms with Gasteiger partial charge in [-0.05, 0) is 68.2 Å². The zero-order valence-corrected chi connectivity index (χ0v) is 14.0. The van der Waals surface area contributed by atoms with Crippen LogP contribution in [0.3, 0.4) is 0 Å². The Labute approximate surface area is 131 Å². The molecule has 0 aromatic heterocycles. The second-order valence-corrected chi connectivity index (χ2v) is 6.54. The molecule has 1 unspecified atom stereocenters. The summed E-state index contributed by atoms with van der Waals surface area (Å²) < 4.78 is 0. The van der Waals surface area contributed by atoms with Crippen LogP contribution in [0.2, 0.25) is 0 Å². The van der Waals surface area contributed by atoms with Crippen molar-refractivity contribution in [3.8, 4) is 0 Å². The number of benzene rings is 1. The van der Waals surface area contributed by atoms with Crippen LogP contribution in [0.15, 0.2) is 36.4 Å². The molecular weight excluding hydrogens is 252 g/mol. The first-order chi connectivity index (χ1) is 10.2. The Kier molecular flexibility index (Phi) is 5.85. The molecule has 1 aromatic rings. The number of rotatable bonds is 6. The van der Waals surface area contributed by atoms with Crippen LogP contribution < -0.4 is 0 Å². The molecule has 1 aromatic carbocycles. The Balaban J connectivity index is 2.22. The van der Waals surface area contributed by atoms with Crippen molar-refractivity contribution in [1.82, 2.24) is 0 Å². The summed E-state index contributed by atoms with van der Waals surface area (Å²) in [6.07, 6.45) is 13.5. The molecule has 0 fully saturated rings. The summed E-state index contributed by atoms with van der Waals surface area (Å²) in [5.41, 5.74) is 7.47. The Morgan fingerprint density at radius 1 is 1.19 bits per heavy atom. The lowest BCUT2D eigenvalue weighted by Crippen LogP contribution is -2.07. The Hall–Kier alpha value is -1.30. The van der Waals surface area contributed by atoms with Crippen LogP contribution in [0, 0.1) is 13.8 Å². The predicted molar refractivity (Wildman–Crippen MR) is 94.0 cm³/mol. The van der Waals surface area contributed by atoms with E-state index >= 15 is 0 Å². The highest BCUT2D eigenvalue weighted by atomic mass is 14.2. The molecule has 114 valence electrons. The maximum Gasteiger partial charge on any atom is 0.00291 e. The third-order valence-corrected chi connectivity index (χ3v) is 4.75. The van der Waals surface area contributed by atoms with Crippen LogP contribution in [0.1, 0.15) is 73.6 Å². The zero-order valence-electron chi connectivity index (χ0n) is 14.0. The molecular formula is C21H30. The summed E-state index contributed by atoms with van der Waals surface area (Å²) in [6.45, 7) is 10.8. The van der Waals surface area contributed by atoms with Gasteiger partial charge in [-0.3, -0.25) is 0 Å². The van der Waals surface area contributed by atoms with Gasteiger partial charge in [-0.1, -0.05) is 56.2 Å². The molecule has 21 heavy (non-hydrogen) atoms. The Bertz CT molecular complexity index is 496. The Morgan fingerprint density at radius 2 is 1.90 bits per heavy atom. The fraction of sp³-hybridized carbons (Fsp3) is 0.524. The molecule has 0 N–H and O–H groups in total. The molecule has 0 aliphatic heterocycles. The smallest absolute Gasteiger partial charge is 0.00291 e. The first-order valence-corrected chi connectivity index (χ1v) is 8.58. The van der Waals surface area contributed by atoms with Gasteiger partial charge in [0.1, 0.15) is 0 Å². The fourth-order valence-electron chi connectivity index (χ4n) is 3.72. The normalized spacial score (nSPS) is 18.4. The Morgan fingerprint density at radius 3 is 2.52 bits per heavy atom. The van der Waals surface area contributed by atoms with Gasteiger partial charge in [0.2, 0.25) is 0 Å². The van der Waals surface area contributed by atoms with Crippen molar-refractivity contribution in [3.05, 3.63) is 58.7 Å². The van der Waals surface area contributed by atoms with Crippen molar-refractivity contribution in [3.63, 3.8) is 0 Å². The summed E-state index contributed by atoms with van der Waals surface area (Å²) in [4.78, 5) is 0. The summed E-state index contributed by atoms with van der Waals surface area (Å²) >= 11 is 0. The molecule has 0 radical (unpaired) electrons. The number of unbranched alkanes of at least 4 members (excludes halogenated alkanes) is 2. The summed E-state index contributed by atoms with van der Waals surface area (Å²) in [7, 11) is 0. The van der Waals surface area contributed by atoms with Crippen molar-refractivity contribution < 1.29 is 0 Å². The number of allylic oxidation sites excluding steroid dienone is 3. The van der Waals surface area contributed by atoms with Crippen molar-refractivity contribution >= 4 is 0 Å². The van der Waals surface area contributed by atoms with Gasteiger partial charge in [0.25, 0.3) is 0 Å². The van der Waals surface area contributed by atoms with E-state index in [1.807, 2.05) is 6.08 Å². The SMILES string of the molecule is C=CC1=CC(c2c(C)cc(CCCCC)cc2C)CCC1. The first-order valence-electron chi connectivity index (χ1n) is 8.58. The molecule has 1 aliphatic rings. The maximum atomic E-state index is 3.94. The third-order valence-electron chi connectivity index (χ3n) is 4.75. The third kappa shape index (κ3) is 4.09. The highest BCUT2D eigenvalue weighted by Crippen LogP contribution is 2.35. The number of hydrogen-bond donors (Lipinski definition) is 0. The van der Waals surface area contributed by atoms with Crippen molar-refractivity contribution in [2.75, 3.05) is 0 Å². The quantitative estimate of drug-likeness (QED) is 0.528. The van der Waals surface area contributed by atoms with Gasteiger partial charge >= 0.3 is 0 Å². The van der Waals surface area contributed by atoms with Crippen LogP contribution in [0.25, 0.3) is 0 Å². The largest absolute Gasteiger partial charge is 0.0988 e. The average Bonchev–Trinajstić information content (AvgIpc) is 2.47. The van der Waals surface area contributed by atoms with Gasteiger partial charge in [0, 0.05) is 5.92 Å². The van der Waals surface area contributed by atoms with Gasteiger partial charge in [0.15, 0.2) is 0 Å². The monoisotopic (exact) mass is 282 g/mol. The van der Waals surface area contributed by atoms with E-state index in [0.717, 1.165) is 0 Å². The lowest BCUT2D eigenvalue weighted by Gasteiger charge is -2.24. The molecule has 0 bridgehead atoms. The molecule has 2 rings (SSSR count). The van der Waals surface area contributed by atoms with E-state index in [-0.39, 0.29) is 0 Å². The highest BCUT2D eigenvalue weighted by molar-refractivity contribution is 5.43.